The molecule has 0 unspecified atom stereocenters. The molecule has 0 saturated carbocycles. The predicted molar refractivity (Wildman–Crippen MR) is 121 cm³/mol. The number of furan rings is 1. The largest absolute Gasteiger partial charge is 0.494 e. The van der Waals surface area contributed by atoms with Crippen molar-refractivity contribution in [2.75, 3.05) is 33.8 Å². The third-order valence-electron chi connectivity index (χ3n) is 3.83. The summed E-state index contributed by atoms with van der Waals surface area (Å²) in [5.74, 6) is 2.27. The molecular formula is C20H29IN4O3. The van der Waals surface area contributed by atoms with Crippen LogP contribution in [0, 0.1) is 0 Å². The number of ether oxygens (including phenoxy) is 1. The quantitative estimate of drug-likeness (QED) is 0.315. The summed E-state index contributed by atoms with van der Waals surface area (Å²) in [6.07, 6.45) is 2.38. The van der Waals surface area contributed by atoms with Gasteiger partial charge in [0.25, 0.3) is 0 Å². The Hall–Kier alpha value is -2.23. The second-order valence-electron chi connectivity index (χ2n) is 6.10. The second kappa shape index (κ2) is 13.0. The van der Waals surface area contributed by atoms with E-state index < -0.39 is 0 Å². The molecule has 0 fully saturated rings. The Morgan fingerprint density at radius 2 is 1.96 bits per heavy atom. The molecule has 154 valence electrons. The van der Waals surface area contributed by atoms with Crippen molar-refractivity contribution in [3.63, 3.8) is 0 Å². The minimum atomic E-state index is -0.0229. The molecule has 1 aromatic heterocycles. The van der Waals surface area contributed by atoms with Crippen molar-refractivity contribution in [1.82, 2.24) is 15.5 Å². The lowest BCUT2D eigenvalue weighted by Gasteiger charge is -2.15. The van der Waals surface area contributed by atoms with Crippen LogP contribution in [-0.4, -0.2) is 50.6 Å². The molecule has 0 aliphatic heterocycles. The van der Waals surface area contributed by atoms with E-state index in [1.165, 1.54) is 4.90 Å². The van der Waals surface area contributed by atoms with Gasteiger partial charge in [0.15, 0.2) is 5.96 Å². The van der Waals surface area contributed by atoms with Crippen molar-refractivity contribution in [3.8, 4) is 5.75 Å². The lowest BCUT2D eigenvalue weighted by molar-refractivity contribution is -0.127. The standard InChI is InChI=1S/C20H28N4O3.HI/c1-4-26-18-10-6-5-8-16(18)14-22-20(23-15-19(25)24(2)3)21-12-11-17-9-7-13-27-17;/h5-10,13H,4,11-12,14-15H2,1-3H3,(H2,21,22,23);1H. The molecule has 2 aromatic rings. The smallest absolute Gasteiger partial charge is 0.241 e. The van der Waals surface area contributed by atoms with E-state index in [9.17, 15) is 4.79 Å². The number of rotatable bonds is 9. The Labute approximate surface area is 183 Å². The summed E-state index contributed by atoms with van der Waals surface area (Å²) in [5.41, 5.74) is 0.991. The molecular weight excluding hydrogens is 471 g/mol. The molecule has 0 saturated heterocycles. The van der Waals surface area contributed by atoms with Crippen LogP contribution in [0.5, 0.6) is 5.75 Å². The lowest BCUT2D eigenvalue weighted by Crippen LogP contribution is -2.43. The summed E-state index contributed by atoms with van der Waals surface area (Å²) in [5, 5.41) is 6.32. The molecule has 0 bridgehead atoms. The predicted octanol–water partition coefficient (Wildman–Crippen LogP) is 2.66. The Morgan fingerprint density at radius 1 is 1.18 bits per heavy atom. The fourth-order valence-corrected chi connectivity index (χ4v) is 2.35. The van der Waals surface area contributed by atoms with Crippen LogP contribution >= 0.6 is 24.0 Å². The van der Waals surface area contributed by atoms with Crippen molar-refractivity contribution in [1.29, 1.82) is 0 Å². The number of carbonyl (C=O) groups excluding carboxylic acids is 1. The zero-order chi connectivity index (χ0) is 19.5. The summed E-state index contributed by atoms with van der Waals surface area (Å²) in [6, 6.07) is 11.6. The van der Waals surface area contributed by atoms with Gasteiger partial charge in [0.05, 0.1) is 26.0 Å². The van der Waals surface area contributed by atoms with Crippen LogP contribution in [0.3, 0.4) is 0 Å². The number of para-hydroxylation sites is 1. The van der Waals surface area contributed by atoms with Gasteiger partial charge >= 0.3 is 0 Å². The normalized spacial score (nSPS) is 10.8. The molecule has 1 aromatic carbocycles. The number of amides is 1. The van der Waals surface area contributed by atoms with E-state index in [1.54, 1.807) is 20.4 Å². The fraction of sp³-hybridized carbons (Fsp3) is 0.400. The molecule has 0 spiro atoms. The molecule has 7 nitrogen and oxygen atoms in total. The maximum atomic E-state index is 11.9. The molecule has 0 aliphatic carbocycles. The van der Waals surface area contributed by atoms with Crippen molar-refractivity contribution in [2.45, 2.75) is 19.9 Å². The number of carbonyl (C=O) groups is 1. The van der Waals surface area contributed by atoms with Crippen LogP contribution < -0.4 is 15.4 Å². The van der Waals surface area contributed by atoms with Gasteiger partial charge in [-0.1, -0.05) is 18.2 Å². The molecule has 0 atom stereocenters. The monoisotopic (exact) mass is 500 g/mol. The zero-order valence-corrected chi connectivity index (χ0v) is 18.9. The minimum Gasteiger partial charge on any atom is -0.494 e. The first-order chi connectivity index (χ1) is 13.1. The third kappa shape index (κ3) is 8.20. The molecule has 28 heavy (non-hydrogen) atoms. The van der Waals surface area contributed by atoms with E-state index in [0.29, 0.717) is 25.7 Å². The van der Waals surface area contributed by atoms with Gasteiger partial charge in [-0.2, -0.15) is 0 Å². The van der Waals surface area contributed by atoms with E-state index in [0.717, 1.165) is 23.5 Å². The number of nitrogens with one attached hydrogen (secondary N) is 2. The fourth-order valence-electron chi connectivity index (χ4n) is 2.35. The number of benzene rings is 1. The van der Waals surface area contributed by atoms with Crippen LogP contribution in [0.15, 0.2) is 52.1 Å². The van der Waals surface area contributed by atoms with Crippen molar-refractivity contribution >= 4 is 35.8 Å². The van der Waals surface area contributed by atoms with Crippen molar-refractivity contribution < 1.29 is 13.9 Å². The first-order valence-corrected chi connectivity index (χ1v) is 9.05. The summed E-state index contributed by atoms with van der Waals surface area (Å²) >= 11 is 0. The third-order valence-corrected chi connectivity index (χ3v) is 3.83. The number of likely N-dealkylation sites (N-methyl/N-ethyl adjacent to an activating group) is 1. The summed E-state index contributed by atoms with van der Waals surface area (Å²) in [6.45, 7) is 3.82. The molecule has 1 amide bonds. The van der Waals surface area contributed by atoms with Gasteiger partial charge in [0.2, 0.25) is 5.91 Å². The molecule has 0 radical (unpaired) electrons. The molecule has 0 aliphatic rings. The highest BCUT2D eigenvalue weighted by molar-refractivity contribution is 14.0. The van der Waals surface area contributed by atoms with Gasteiger partial charge < -0.3 is 24.7 Å². The average Bonchev–Trinajstić information content (AvgIpc) is 3.18. The van der Waals surface area contributed by atoms with Gasteiger partial charge in [0, 0.05) is 32.6 Å². The second-order valence-corrected chi connectivity index (χ2v) is 6.10. The van der Waals surface area contributed by atoms with Crippen LogP contribution in [0.1, 0.15) is 18.2 Å². The Bertz CT molecular complexity index is 733. The van der Waals surface area contributed by atoms with Gasteiger partial charge in [0.1, 0.15) is 11.5 Å². The topological polar surface area (TPSA) is 79.1 Å². The van der Waals surface area contributed by atoms with E-state index in [-0.39, 0.29) is 36.4 Å². The number of guanidine groups is 1. The van der Waals surface area contributed by atoms with E-state index in [2.05, 4.69) is 15.6 Å². The van der Waals surface area contributed by atoms with Crippen LogP contribution in [-0.2, 0) is 17.8 Å². The van der Waals surface area contributed by atoms with Gasteiger partial charge in [-0.15, -0.1) is 24.0 Å². The Balaban J connectivity index is 0.00000392. The minimum absolute atomic E-state index is 0. The first-order valence-electron chi connectivity index (χ1n) is 9.05. The number of aliphatic imine (C=N–C) groups is 1. The summed E-state index contributed by atoms with van der Waals surface area (Å²) in [4.78, 5) is 18.0. The van der Waals surface area contributed by atoms with Gasteiger partial charge in [-0.3, -0.25) is 4.79 Å². The first kappa shape index (κ1) is 23.8. The summed E-state index contributed by atoms with van der Waals surface area (Å²) in [7, 11) is 3.45. The highest BCUT2D eigenvalue weighted by atomic mass is 127. The SMILES string of the molecule is CCOc1ccccc1CN=C(NCCc1ccco1)NCC(=O)N(C)C.I. The molecule has 2 rings (SSSR count). The van der Waals surface area contributed by atoms with E-state index in [1.807, 2.05) is 43.3 Å². The van der Waals surface area contributed by atoms with E-state index >= 15 is 0 Å². The summed E-state index contributed by atoms with van der Waals surface area (Å²) < 4.78 is 11.0. The number of hydrogen-bond donors (Lipinski definition) is 2. The van der Waals surface area contributed by atoms with Crippen LogP contribution in [0.4, 0.5) is 0 Å². The van der Waals surface area contributed by atoms with Crippen LogP contribution in [0.25, 0.3) is 0 Å². The average molecular weight is 500 g/mol. The maximum Gasteiger partial charge on any atom is 0.241 e. The maximum absolute atomic E-state index is 11.9. The lowest BCUT2D eigenvalue weighted by atomic mass is 10.2. The van der Waals surface area contributed by atoms with Crippen molar-refractivity contribution in [2.24, 2.45) is 4.99 Å². The van der Waals surface area contributed by atoms with Crippen LogP contribution in [0.2, 0.25) is 0 Å². The highest BCUT2D eigenvalue weighted by Gasteiger charge is 2.07. The van der Waals surface area contributed by atoms with Gasteiger partial charge in [-0.25, -0.2) is 4.99 Å². The molecule has 8 heteroatoms. The number of nitrogens with zero attached hydrogens (tertiary/aromatic N) is 2. The highest BCUT2D eigenvalue weighted by Crippen LogP contribution is 2.18. The Morgan fingerprint density at radius 3 is 2.64 bits per heavy atom. The van der Waals surface area contributed by atoms with E-state index in [4.69, 9.17) is 9.15 Å². The van der Waals surface area contributed by atoms with Crippen molar-refractivity contribution in [3.05, 3.63) is 54.0 Å². The number of hydrogen-bond acceptors (Lipinski definition) is 4. The number of halogens is 1. The zero-order valence-electron chi connectivity index (χ0n) is 16.6. The Kier molecular flexibility index (Phi) is 11.1. The molecule has 2 N–H and O–H groups in total. The molecule has 1 heterocycles. The van der Waals surface area contributed by atoms with Gasteiger partial charge in [-0.05, 0) is 25.1 Å².